The fourth-order valence-corrected chi connectivity index (χ4v) is 2.02. The average Bonchev–Trinajstić information content (AvgIpc) is 2.29. The van der Waals surface area contributed by atoms with Gasteiger partial charge in [0.15, 0.2) is 0 Å². The van der Waals surface area contributed by atoms with Crippen LogP contribution in [0.15, 0.2) is 24.3 Å². The van der Waals surface area contributed by atoms with E-state index in [-0.39, 0.29) is 0 Å². The third kappa shape index (κ3) is 2.74. The Labute approximate surface area is 97.4 Å². The van der Waals surface area contributed by atoms with Crippen molar-refractivity contribution in [3.63, 3.8) is 0 Å². The van der Waals surface area contributed by atoms with Crippen molar-refractivity contribution in [2.75, 3.05) is 33.8 Å². The molecule has 16 heavy (non-hydrogen) atoms. The first-order valence-corrected chi connectivity index (χ1v) is 5.87. The molecule has 0 radical (unpaired) electrons. The molecule has 88 valence electrons. The van der Waals surface area contributed by atoms with Gasteiger partial charge in [-0.05, 0) is 20.2 Å². The summed E-state index contributed by atoms with van der Waals surface area (Å²) in [6.07, 6.45) is 1.06. The number of hydrogen-bond acceptors (Lipinski definition) is 3. The highest BCUT2D eigenvalue weighted by atomic mass is 16.5. The molecular weight excluding hydrogens is 200 g/mol. The first-order valence-electron chi connectivity index (χ1n) is 5.87. The lowest BCUT2D eigenvalue weighted by Gasteiger charge is -2.27. The van der Waals surface area contributed by atoms with Crippen molar-refractivity contribution in [2.45, 2.75) is 12.5 Å². The lowest BCUT2D eigenvalue weighted by atomic mass is 10.0. The summed E-state index contributed by atoms with van der Waals surface area (Å²) in [5.41, 5.74) is 1.30. The molecule has 0 aliphatic carbocycles. The molecule has 1 aliphatic rings. The van der Waals surface area contributed by atoms with E-state index in [1.54, 1.807) is 0 Å². The van der Waals surface area contributed by atoms with Crippen molar-refractivity contribution < 1.29 is 4.74 Å². The zero-order valence-electron chi connectivity index (χ0n) is 10.1. The van der Waals surface area contributed by atoms with Crippen molar-refractivity contribution in [3.8, 4) is 5.75 Å². The quantitative estimate of drug-likeness (QED) is 0.835. The number of nitrogens with one attached hydrogen (secondary N) is 1. The summed E-state index contributed by atoms with van der Waals surface area (Å²) in [5.74, 6) is 1.04. The highest BCUT2D eigenvalue weighted by Gasteiger charge is 2.19. The van der Waals surface area contributed by atoms with Gasteiger partial charge in [-0.25, -0.2) is 0 Å². The molecule has 1 unspecified atom stereocenters. The smallest absolute Gasteiger partial charge is 0.124 e. The zero-order chi connectivity index (χ0) is 11.4. The highest BCUT2D eigenvalue weighted by Crippen LogP contribution is 2.31. The van der Waals surface area contributed by atoms with Gasteiger partial charge in [-0.3, -0.25) is 0 Å². The Balaban J connectivity index is 1.96. The largest absolute Gasteiger partial charge is 0.493 e. The van der Waals surface area contributed by atoms with Crippen LogP contribution >= 0.6 is 0 Å². The molecule has 1 aromatic rings. The number of fused-ring (bicyclic) bond motifs is 1. The summed E-state index contributed by atoms with van der Waals surface area (Å²) in [7, 11) is 4.19. The van der Waals surface area contributed by atoms with Gasteiger partial charge >= 0.3 is 0 Å². The standard InChI is InChI=1S/C13H20N2O/c1-15(2)9-8-14-12-7-10-16-13-6-4-3-5-11(12)13/h3-6,12,14H,7-10H2,1-2H3. The SMILES string of the molecule is CN(C)CCNC1CCOc2ccccc21. The lowest BCUT2D eigenvalue weighted by molar-refractivity contribution is 0.249. The Morgan fingerprint density at radius 1 is 1.38 bits per heavy atom. The van der Waals surface area contributed by atoms with E-state index in [0.29, 0.717) is 6.04 Å². The molecule has 1 atom stereocenters. The maximum atomic E-state index is 5.63. The number of ether oxygens (including phenoxy) is 1. The van der Waals surface area contributed by atoms with Gasteiger partial charge in [0.25, 0.3) is 0 Å². The molecule has 0 spiro atoms. The van der Waals surface area contributed by atoms with E-state index in [1.807, 2.05) is 6.07 Å². The monoisotopic (exact) mass is 220 g/mol. The minimum atomic E-state index is 0.449. The van der Waals surface area contributed by atoms with Gasteiger partial charge < -0.3 is 15.0 Å². The summed E-state index contributed by atoms with van der Waals surface area (Å²) < 4.78 is 5.63. The van der Waals surface area contributed by atoms with Gasteiger partial charge in [-0.15, -0.1) is 0 Å². The molecule has 3 heteroatoms. The Kier molecular flexibility index (Phi) is 3.80. The predicted octanol–water partition coefficient (Wildman–Crippen LogP) is 1.66. The molecule has 0 fully saturated rings. The lowest BCUT2D eigenvalue weighted by Crippen LogP contribution is -2.32. The second-order valence-electron chi connectivity index (χ2n) is 4.48. The maximum absolute atomic E-state index is 5.63. The van der Waals surface area contributed by atoms with Crippen LogP contribution in [0, 0.1) is 0 Å². The molecule has 1 N–H and O–H groups in total. The number of rotatable bonds is 4. The minimum absolute atomic E-state index is 0.449. The van der Waals surface area contributed by atoms with Gasteiger partial charge in [0.2, 0.25) is 0 Å². The molecule has 1 aliphatic heterocycles. The number of likely N-dealkylation sites (N-methyl/N-ethyl adjacent to an activating group) is 1. The molecular formula is C13H20N2O. The van der Waals surface area contributed by atoms with Crippen LogP contribution in [0.25, 0.3) is 0 Å². The minimum Gasteiger partial charge on any atom is -0.493 e. The normalized spacial score (nSPS) is 19.3. The van der Waals surface area contributed by atoms with Gasteiger partial charge in [0.1, 0.15) is 5.75 Å². The molecule has 3 nitrogen and oxygen atoms in total. The van der Waals surface area contributed by atoms with Crippen LogP contribution in [-0.2, 0) is 0 Å². The van der Waals surface area contributed by atoms with E-state index < -0.39 is 0 Å². The average molecular weight is 220 g/mol. The number of benzene rings is 1. The van der Waals surface area contributed by atoms with E-state index in [0.717, 1.165) is 31.9 Å². The molecule has 0 saturated heterocycles. The van der Waals surface area contributed by atoms with Crippen molar-refractivity contribution in [1.82, 2.24) is 10.2 Å². The maximum Gasteiger partial charge on any atom is 0.124 e. The van der Waals surface area contributed by atoms with Crippen LogP contribution in [0.5, 0.6) is 5.75 Å². The van der Waals surface area contributed by atoms with Gasteiger partial charge in [-0.1, -0.05) is 18.2 Å². The third-order valence-electron chi connectivity index (χ3n) is 2.91. The molecule has 0 amide bonds. The second-order valence-corrected chi connectivity index (χ2v) is 4.48. The first kappa shape index (κ1) is 11.4. The van der Waals surface area contributed by atoms with Crippen molar-refractivity contribution in [2.24, 2.45) is 0 Å². The Morgan fingerprint density at radius 2 is 2.19 bits per heavy atom. The van der Waals surface area contributed by atoms with E-state index >= 15 is 0 Å². The molecule has 0 saturated carbocycles. The summed E-state index contributed by atoms with van der Waals surface area (Å²) in [4.78, 5) is 2.19. The topological polar surface area (TPSA) is 24.5 Å². The highest BCUT2D eigenvalue weighted by molar-refractivity contribution is 5.37. The Morgan fingerprint density at radius 3 is 3.00 bits per heavy atom. The van der Waals surface area contributed by atoms with E-state index in [1.165, 1.54) is 5.56 Å². The van der Waals surface area contributed by atoms with Crippen LogP contribution in [0.4, 0.5) is 0 Å². The van der Waals surface area contributed by atoms with Gasteiger partial charge in [0.05, 0.1) is 6.61 Å². The van der Waals surface area contributed by atoms with Gasteiger partial charge in [0, 0.05) is 31.1 Å². The van der Waals surface area contributed by atoms with Crippen molar-refractivity contribution in [1.29, 1.82) is 0 Å². The third-order valence-corrected chi connectivity index (χ3v) is 2.91. The number of para-hydroxylation sites is 1. The Hall–Kier alpha value is -1.06. The summed E-state index contributed by atoms with van der Waals surface area (Å²) in [5, 5.41) is 3.59. The van der Waals surface area contributed by atoms with Crippen LogP contribution < -0.4 is 10.1 Å². The van der Waals surface area contributed by atoms with Crippen LogP contribution in [0.3, 0.4) is 0 Å². The van der Waals surface area contributed by atoms with Crippen LogP contribution in [0.1, 0.15) is 18.0 Å². The van der Waals surface area contributed by atoms with Crippen molar-refractivity contribution in [3.05, 3.63) is 29.8 Å². The van der Waals surface area contributed by atoms with E-state index in [2.05, 4.69) is 42.5 Å². The molecule has 2 rings (SSSR count). The van der Waals surface area contributed by atoms with Crippen LogP contribution in [0.2, 0.25) is 0 Å². The first-order chi connectivity index (χ1) is 7.77. The molecule has 1 aromatic carbocycles. The summed E-state index contributed by atoms with van der Waals surface area (Å²) >= 11 is 0. The van der Waals surface area contributed by atoms with Crippen LogP contribution in [-0.4, -0.2) is 38.7 Å². The van der Waals surface area contributed by atoms with E-state index in [4.69, 9.17) is 4.74 Å². The van der Waals surface area contributed by atoms with E-state index in [9.17, 15) is 0 Å². The fourth-order valence-electron chi connectivity index (χ4n) is 2.02. The van der Waals surface area contributed by atoms with Crippen molar-refractivity contribution >= 4 is 0 Å². The fraction of sp³-hybridized carbons (Fsp3) is 0.538. The predicted molar refractivity (Wildman–Crippen MR) is 65.9 cm³/mol. The summed E-state index contributed by atoms with van der Waals surface area (Å²) in [6.45, 7) is 2.90. The molecule has 0 bridgehead atoms. The molecule has 1 heterocycles. The molecule has 0 aromatic heterocycles. The Bertz CT molecular complexity index is 338. The summed E-state index contributed by atoms with van der Waals surface area (Å²) in [6, 6.07) is 8.76. The number of nitrogens with zero attached hydrogens (tertiary/aromatic N) is 1. The zero-order valence-corrected chi connectivity index (χ0v) is 10.1. The second kappa shape index (κ2) is 5.32. The number of hydrogen-bond donors (Lipinski definition) is 1. The van der Waals surface area contributed by atoms with Gasteiger partial charge in [-0.2, -0.15) is 0 Å².